The minimum atomic E-state index is -0.488. The van der Waals surface area contributed by atoms with E-state index in [1.165, 1.54) is 24.5 Å². The number of amides is 1. The fourth-order valence-electron chi connectivity index (χ4n) is 1.47. The zero-order chi connectivity index (χ0) is 13.8. The van der Waals surface area contributed by atoms with Gasteiger partial charge in [-0.05, 0) is 19.1 Å². The molecule has 4 N–H and O–H groups in total. The van der Waals surface area contributed by atoms with E-state index in [1.54, 1.807) is 13.0 Å². The fourth-order valence-corrected chi connectivity index (χ4v) is 1.47. The molecule has 98 valence electrons. The van der Waals surface area contributed by atoms with Crippen molar-refractivity contribution >= 4 is 17.4 Å². The number of halogens is 1. The molecular weight excluding hydrogens is 249 g/mol. The van der Waals surface area contributed by atoms with Crippen molar-refractivity contribution in [3.8, 4) is 0 Å². The van der Waals surface area contributed by atoms with E-state index in [1.807, 2.05) is 0 Å². The Morgan fingerprint density at radius 3 is 2.89 bits per heavy atom. The van der Waals surface area contributed by atoms with Crippen molar-refractivity contribution < 1.29 is 9.18 Å². The number of hydrazine groups is 1. The minimum Gasteiger partial charge on any atom is -0.320 e. The second-order valence-corrected chi connectivity index (χ2v) is 3.80. The van der Waals surface area contributed by atoms with Gasteiger partial charge in [0.05, 0.1) is 12.4 Å². The van der Waals surface area contributed by atoms with E-state index in [0.29, 0.717) is 11.3 Å². The van der Waals surface area contributed by atoms with Crippen molar-refractivity contribution in [3.05, 3.63) is 47.7 Å². The number of carbonyl (C=O) groups is 1. The maximum atomic E-state index is 13.3. The van der Waals surface area contributed by atoms with Gasteiger partial charge in [0.15, 0.2) is 5.82 Å². The van der Waals surface area contributed by atoms with Gasteiger partial charge in [-0.1, -0.05) is 6.07 Å². The van der Waals surface area contributed by atoms with Crippen molar-refractivity contribution in [3.63, 3.8) is 0 Å². The van der Waals surface area contributed by atoms with E-state index in [0.717, 1.165) is 0 Å². The Kier molecular flexibility index (Phi) is 3.67. The number of nitrogens with zero attached hydrogens (tertiary/aromatic N) is 2. The zero-order valence-corrected chi connectivity index (χ0v) is 10.1. The van der Waals surface area contributed by atoms with Gasteiger partial charge in [0.2, 0.25) is 0 Å². The van der Waals surface area contributed by atoms with E-state index in [-0.39, 0.29) is 17.3 Å². The van der Waals surface area contributed by atoms with Gasteiger partial charge < -0.3 is 10.7 Å². The molecule has 2 rings (SSSR count). The number of rotatable bonds is 3. The van der Waals surface area contributed by atoms with Gasteiger partial charge in [-0.3, -0.25) is 9.78 Å². The minimum absolute atomic E-state index is 0.0825. The maximum Gasteiger partial charge on any atom is 0.275 e. The van der Waals surface area contributed by atoms with Crippen molar-refractivity contribution in [1.82, 2.24) is 9.97 Å². The highest BCUT2D eigenvalue weighted by atomic mass is 19.1. The first-order valence-corrected chi connectivity index (χ1v) is 5.47. The summed E-state index contributed by atoms with van der Waals surface area (Å²) < 4.78 is 13.3. The monoisotopic (exact) mass is 261 g/mol. The average molecular weight is 261 g/mol. The topological polar surface area (TPSA) is 92.9 Å². The predicted molar refractivity (Wildman–Crippen MR) is 68.9 cm³/mol. The van der Waals surface area contributed by atoms with E-state index >= 15 is 0 Å². The van der Waals surface area contributed by atoms with Gasteiger partial charge in [-0.2, -0.15) is 0 Å². The van der Waals surface area contributed by atoms with Crippen molar-refractivity contribution in [2.45, 2.75) is 6.92 Å². The van der Waals surface area contributed by atoms with Gasteiger partial charge >= 0.3 is 0 Å². The van der Waals surface area contributed by atoms with Crippen LogP contribution in [0.4, 0.5) is 15.9 Å². The van der Waals surface area contributed by atoms with Crippen LogP contribution in [0.3, 0.4) is 0 Å². The second kappa shape index (κ2) is 5.40. The summed E-state index contributed by atoms with van der Waals surface area (Å²) in [5.74, 6) is 4.57. The summed E-state index contributed by atoms with van der Waals surface area (Å²) in [5, 5.41) is 2.57. The maximum absolute atomic E-state index is 13.3. The molecule has 0 unspecified atom stereocenters. The molecular formula is C12H12FN5O. The molecule has 0 atom stereocenters. The lowest BCUT2D eigenvalue weighted by molar-refractivity contribution is 0.102. The standard InChI is InChI=1S/C12H12FN5O/c1-7-8(13)3-2-4-9(7)17-12(19)10-5-15-6-11(16-10)18-14/h2-6H,14H2,1H3,(H,16,18)(H,17,19). The normalized spacial score (nSPS) is 10.1. The molecule has 1 heterocycles. The molecule has 0 aliphatic heterocycles. The molecule has 0 spiro atoms. The molecule has 0 radical (unpaired) electrons. The Morgan fingerprint density at radius 2 is 2.16 bits per heavy atom. The zero-order valence-electron chi connectivity index (χ0n) is 10.1. The van der Waals surface area contributed by atoms with Crippen LogP contribution in [0.1, 0.15) is 16.1 Å². The summed E-state index contributed by atoms with van der Waals surface area (Å²) >= 11 is 0. The van der Waals surface area contributed by atoms with Gasteiger partial charge in [-0.25, -0.2) is 15.2 Å². The number of nitrogens with one attached hydrogen (secondary N) is 2. The van der Waals surface area contributed by atoms with Crippen LogP contribution in [0.2, 0.25) is 0 Å². The first-order valence-electron chi connectivity index (χ1n) is 5.47. The van der Waals surface area contributed by atoms with Gasteiger partial charge in [0, 0.05) is 11.3 Å². The van der Waals surface area contributed by atoms with Crippen molar-refractivity contribution in [2.75, 3.05) is 10.7 Å². The van der Waals surface area contributed by atoms with Gasteiger partial charge in [0.25, 0.3) is 5.91 Å². The predicted octanol–water partition coefficient (Wildman–Crippen LogP) is 1.46. The van der Waals surface area contributed by atoms with Crippen LogP contribution >= 0.6 is 0 Å². The number of nitrogens with two attached hydrogens (primary N) is 1. The number of carbonyl (C=O) groups excluding carboxylic acids is 1. The average Bonchev–Trinajstić information content (AvgIpc) is 2.44. The van der Waals surface area contributed by atoms with Crippen LogP contribution in [0.15, 0.2) is 30.6 Å². The first kappa shape index (κ1) is 12.9. The summed E-state index contributed by atoms with van der Waals surface area (Å²) in [6.07, 6.45) is 2.68. The quantitative estimate of drug-likeness (QED) is 0.574. The van der Waals surface area contributed by atoms with E-state index in [9.17, 15) is 9.18 Å². The Balaban J connectivity index is 2.23. The summed E-state index contributed by atoms with van der Waals surface area (Å²) in [6, 6.07) is 4.44. The number of benzene rings is 1. The Hall–Kier alpha value is -2.54. The van der Waals surface area contributed by atoms with E-state index in [2.05, 4.69) is 20.7 Å². The number of anilines is 2. The third-order valence-electron chi connectivity index (χ3n) is 2.53. The third kappa shape index (κ3) is 2.83. The number of nitrogen functional groups attached to an aromatic ring is 1. The molecule has 2 aromatic rings. The van der Waals surface area contributed by atoms with Crippen LogP contribution < -0.4 is 16.6 Å². The number of hydrogen-bond acceptors (Lipinski definition) is 5. The highest BCUT2D eigenvalue weighted by Gasteiger charge is 2.11. The Bertz CT molecular complexity index is 617. The molecule has 0 bridgehead atoms. The lowest BCUT2D eigenvalue weighted by Gasteiger charge is -2.08. The van der Waals surface area contributed by atoms with Crippen molar-refractivity contribution in [2.24, 2.45) is 5.84 Å². The SMILES string of the molecule is Cc1c(F)cccc1NC(=O)c1cncc(NN)n1. The summed E-state index contributed by atoms with van der Waals surface area (Å²) in [4.78, 5) is 19.7. The number of aromatic nitrogens is 2. The molecule has 1 aromatic heterocycles. The molecule has 1 aromatic carbocycles. The molecule has 0 saturated heterocycles. The van der Waals surface area contributed by atoms with Crippen LogP contribution in [0.25, 0.3) is 0 Å². The molecule has 1 amide bonds. The third-order valence-corrected chi connectivity index (χ3v) is 2.53. The van der Waals surface area contributed by atoms with Crippen LogP contribution in [0.5, 0.6) is 0 Å². The largest absolute Gasteiger partial charge is 0.320 e. The molecule has 7 heteroatoms. The number of hydrogen-bond donors (Lipinski definition) is 3. The lowest BCUT2D eigenvalue weighted by Crippen LogP contribution is -2.17. The Morgan fingerprint density at radius 1 is 1.37 bits per heavy atom. The smallest absolute Gasteiger partial charge is 0.275 e. The molecule has 0 aliphatic rings. The highest BCUT2D eigenvalue weighted by Crippen LogP contribution is 2.18. The van der Waals surface area contributed by atoms with Crippen LogP contribution in [0, 0.1) is 12.7 Å². The van der Waals surface area contributed by atoms with E-state index < -0.39 is 5.91 Å². The molecule has 0 aliphatic carbocycles. The fraction of sp³-hybridized carbons (Fsp3) is 0.0833. The summed E-state index contributed by atoms with van der Waals surface area (Å²) in [6.45, 7) is 1.58. The molecule has 0 fully saturated rings. The van der Waals surface area contributed by atoms with Crippen molar-refractivity contribution in [1.29, 1.82) is 0 Å². The Labute approximate surface area is 108 Å². The molecule has 0 saturated carbocycles. The van der Waals surface area contributed by atoms with Crippen LogP contribution in [-0.2, 0) is 0 Å². The lowest BCUT2D eigenvalue weighted by atomic mass is 10.2. The molecule has 6 nitrogen and oxygen atoms in total. The van der Waals surface area contributed by atoms with Gasteiger partial charge in [-0.15, -0.1) is 0 Å². The first-order chi connectivity index (χ1) is 9.11. The highest BCUT2D eigenvalue weighted by molar-refractivity contribution is 6.03. The van der Waals surface area contributed by atoms with Gasteiger partial charge in [0.1, 0.15) is 11.5 Å². The van der Waals surface area contributed by atoms with E-state index in [4.69, 9.17) is 5.84 Å². The summed E-state index contributed by atoms with van der Waals surface area (Å²) in [5.41, 5.74) is 3.12. The molecule has 19 heavy (non-hydrogen) atoms. The summed E-state index contributed by atoms with van der Waals surface area (Å²) in [7, 11) is 0. The van der Waals surface area contributed by atoms with Crippen LogP contribution in [-0.4, -0.2) is 15.9 Å². The second-order valence-electron chi connectivity index (χ2n) is 3.80.